The van der Waals surface area contributed by atoms with Crippen LogP contribution in [0.1, 0.15) is 26.7 Å². The molecule has 0 aliphatic heterocycles. The maximum Gasteiger partial charge on any atom is 0.262 e. The number of nitrogens with one attached hydrogen (secondary N) is 1. The van der Waals surface area contributed by atoms with Crippen molar-refractivity contribution in [2.24, 2.45) is 0 Å². The first-order valence-corrected chi connectivity index (χ1v) is 9.89. The summed E-state index contributed by atoms with van der Waals surface area (Å²) < 4.78 is 7.16. The van der Waals surface area contributed by atoms with Gasteiger partial charge in [0.25, 0.3) is 5.56 Å². The van der Waals surface area contributed by atoms with E-state index in [4.69, 9.17) is 10.00 Å². The van der Waals surface area contributed by atoms with Gasteiger partial charge in [-0.25, -0.2) is 4.98 Å². The van der Waals surface area contributed by atoms with Crippen molar-refractivity contribution in [2.75, 3.05) is 18.9 Å². The molecule has 0 spiro atoms. The van der Waals surface area contributed by atoms with E-state index in [1.807, 2.05) is 32.0 Å². The summed E-state index contributed by atoms with van der Waals surface area (Å²) >= 11 is 1.22. The lowest BCUT2D eigenvalue weighted by Crippen LogP contribution is -2.28. The van der Waals surface area contributed by atoms with Crippen LogP contribution < -0.4 is 10.9 Å². The number of fused-ring (bicyclic) bond motifs is 1. The fraction of sp³-hybridized carbons (Fsp3) is 0.474. The molecule has 1 aromatic carbocycles. The van der Waals surface area contributed by atoms with Crippen molar-refractivity contribution in [3.05, 3.63) is 34.6 Å². The average molecular weight is 388 g/mol. The van der Waals surface area contributed by atoms with Crippen molar-refractivity contribution in [2.45, 2.75) is 44.5 Å². The molecule has 0 atom stereocenters. The van der Waals surface area contributed by atoms with Crippen LogP contribution in [0, 0.1) is 11.3 Å². The molecule has 1 N–H and O–H groups in total. The maximum atomic E-state index is 12.9. The van der Waals surface area contributed by atoms with Gasteiger partial charge in [-0.2, -0.15) is 5.26 Å². The zero-order valence-corrected chi connectivity index (χ0v) is 16.4. The average Bonchev–Trinajstić information content (AvgIpc) is 2.65. The molecule has 27 heavy (non-hydrogen) atoms. The number of hydrogen-bond donors (Lipinski definition) is 1. The highest BCUT2D eigenvalue weighted by Crippen LogP contribution is 2.18. The number of benzene rings is 1. The topological polar surface area (TPSA) is 97.0 Å². The highest BCUT2D eigenvalue weighted by atomic mass is 32.2. The molecule has 0 saturated heterocycles. The molecule has 0 aliphatic carbocycles. The number of hydrogen-bond acceptors (Lipinski definition) is 6. The zero-order valence-electron chi connectivity index (χ0n) is 15.6. The minimum absolute atomic E-state index is 0.113. The highest BCUT2D eigenvalue weighted by Gasteiger charge is 2.13. The van der Waals surface area contributed by atoms with Crippen LogP contribution in [0.4, 0.5) is 0 Å². The summed E-state index contributed by atoms with van der Waals surface area (Å²) in [5.41, 5.74) is 0.502. The quantitative estimate of drug-likeness (QED) is 0.381. The minimum atomic E-state index is -0.188. The molecule has 2 aromatic rings. The molecular formula is C19H24N4O3S. The first-order chi connectivity index (χ1) is 13.0. The van der Waals surface area contributed by atoms with Gasteiger partial charge < -0.3 is 10.1 Å². The SMILES string of the molecule is CC(C)OCCCn1c(SCC(=O)NCCC#N)nc2ccccc2c1=O. The largest absolute Gasteiger partial charge is 0.379 e. The Morgan fingerprint density at radius 1 is 1.41 bits per heavy atom. The van der Waals surface area contributed by atoms with Crippen LogP contribution in [0.3, 0.4) is 0 Å². The first kappa shape index (κ1) is 20.9. The van der Waals surface area contributed by atoms with E-state index in [0.717, 1.165) is 0 Å². The van der Waals surface area contributed by atoms with Gasteiger partial charge in [-0.05, 0) is 32.4 Å². The Morgan fingerprint density at radius 2 is 2.19 bits per heavy atom. The molecule has 7 nitrogen and oxygen atoms in total. The number of nitrogens with zero attached hydrogens (tertiary/aromatic N) is 3. The van der Waals surface area contributed by atoms with Gasteiger partial charge in [0.15, 0.2) is 5.16 Å². The van der Waals surface area contributed by atoms with Crippen molar-refractivity contribution >= 4 is 28.6 Å². The fourth-order valence-corrected chi connectivity index (χ4v) is 3.29. The van der Waals surface area contributed by atoms with Crippen molar-refractivity contribution in [3.63, 3.8) is 0 Å². The number of para-hydroxylation sites is 1. The van der Waals surface area contributed by atoms with Crippen LogP contribution in [-0.4, -0.2) is 40.5 Å². The van der Waals surface area contributed by atoms with Crippen LogP contribution in [0.15, 0.2) is 34.2 Å². The molecule has 0 bridgehead atoms. The molecule has 0 unspecified atom stereocenters. The second-order valence-electron chi connectivity index (χ2n) is 6.19. The maximum absolute atomic E-state index is 12.9. The second-order valence-corrected chi connectivity index (χ2v) is 7.13. The summed E-state index contributed by atoms with van der Waals surface area (Å²) in [4.78, 5) is 29.3. The fourth-order valence-electron chi connectivity index (χ4n) is 2.44. The van der Waals surface area contributed by atoms with E-state index in [2.05, 4.69) is 10.3 Å². The Balaban J connectivity index is 2.16. The van der Waals surface area contributed by atoms with Crippen LogP contribution in [-0.2, 0) is 16.1 Å². The molecule has 0 aliphatic rings. The van der Waals surface area contributed by atoms with E-state index in [1.165, 1.54) is 11.8 Å². The number of ether oxygens (including phenoxy) is 1. The van der Waals surface area contributed by atoms with Gasteiger partial charge in [-0.1, -0.05) is 23.9 Å². The Morgan fingerprint density at radius 3 is 2.93 bits per heavy atom. The standard InChI is InChI=1S/C19H24N4O3S/c1-14(2)26-12-6-11-23-18(25)15-7-3-4-8-16(15)22-19(23)27-13-17(24)21-10-5-9-20/h3-4,7-8,14H,5-6,10-13H2,1-2H3,(H,21,24). The Hall–Kier alpha value is -2.37. The highest BCUT2D eigenvalue weighted by molar-refractivity contribution is 7.99. The number of aromatic nitrogens is 2. The zero-order chi connectivity index (χ0) is 19.6. The van der Waals surface area contributed by atoms with Crippen LogP contribution >= 0.6 is 11.8 Å². The first-order valence-electron chi connectivity index (χ1n) is 8.90. The van der Waals surface area contributed by atoms with Gasteiger partial charge in [-0.3, -0.25) is 14.2 Å². The summed E-state index contributed by atoms with van der Waals surface area (Å²) in [5, 5.41) is 12.3. The third kappa shape index (κ3) is 6.38. The molecule has 0 saturated carbocycles. The Bertz CT molecular complexity index is 873. The normalized spacial score (nSPS) is 10.9. The number of carbonyl (C=O) groups excluding carboxylic acids is 1. The van der Waals surface area contributed by atoms with E-state index < -0.39 is 0 Å². The molecule has 2 rings (SSSR count). The van der Waals surface area contributed by atoms with Crippen molar-refractivity contribution in [1.82, 2.24) is 14.9 Å². The van der Waals surface area contributed by atoms with Gasteiger partial charge in [0.2, 0.25) is 5.91 Å². The third-order valence-corrected chi connectivity index (χ3v) is 4.67. The van der Waals surface area contributed by atoms with E-state index >= 15 is 0 Å². The van der Waals surface area contributed by atoms with Gasteiger partial charge in [0.1, 0.15) is 0 Å². The molecule has 1 heterocycles. The van der Waals surface area contributed by atoms with E-state index in [9.17, 15) is 9.59 Å². The van der Waals surface area contributed by atoms with Crippen LogP contribution in [0.5, 0.6) is 0 Å². The summed E-state index contributed by atoms with van der Waals surface area (Å²) in [6.07, 6.45) is 1.09. The number of thioether (sulfide) groups is 1. The molecular weight excluding hydrogens is 364 g/mol. The second kappa shape index (κ2) is 10.7. The van der Waals surface area contributed by atoms with Gasteiger partial charge in [0.05, 0.1) is 35.2 Å². The molecule has 1 aromatic heterocycles. The summed E-state index contributed by atoms with van der Waals surface area (Å²) in [6, 6.07) is 9.17. The van der Waals surface area contributed by atoms with Gasteiger partial charge >= 0.3 is 0 Å². The lowest BCUT2D eigenvalue weighted by Gasteiger charge is -2.14. The van der Waals surface area contributed by atoms with E-state index in [-0.39, 0.29) is 29.7 Å². The summed E-state index contributed by atoms with van der Waals surface area (Å²) in [6.45, 7) is 5.28. The number of nitriles is 1. The van der Waals surface area contributed by atoms with E-state index in [1.54, 1.807) is 16.7 Å². The van der Waals surface area contributed by atoms with Crippen LogP contribution in [0.25, 0.3) is 10.9 Å². The predicted octanol–water partition coefficient (Wildman–Crippen LogP) is 2.33. The number of carbonyl (C=O) groups is 1. The molecule has 1 amide bonds. The monoisotopic (exact) mass is 388 g/mol. The molecule has 0 radical (unpaired) electrons. The summed E-state index contributed by atoms with van der Waals surface area (Å²) in [7, 11) is 0. The van der Waals surface area contributed by atoms with Gasteiger partial charge in [-0.15, -0.1) is 0 Å². The van der Waals surface area contributed by atoms with Crippen molar-refractivity contribution < 1.29 is 9.53 Å². The van der Waals surface area contributed by atoms with Crippen molar-refractivity contribution in [1.29, 1.82) is 5.26 Å². The van der Waals surface area contributed by atoms with Gasteiger partial charge in [0, 0.05) is 19.7 Å². The Kier molecular flexibility index (Phi) is 8.30. The lowest BCUT2D eigenvalue weighted by molar-refractivity contribution is -0.118. The predicted molar refractivity (Wildman–Crippen MR) is 106 cm³/mol. The van der Waals surface area contributed by atoms with Crippen LogP contribution in [0.2, 0.25) is 0 Å². The summed E-state index contributed by atoms with van der Waals surface area (Å²) in [5.74, 6) is -0.0500. The van der Waals surface area contributed by atoms with E-state index in [0.29, 0.717) is 42.2 Å². The number of rotatable bonds is 10. The minimum Gasteiger partial charge on any atom is -0.379 e. The molecule has 8 heteroatoms. The smallest absolute Gasteiger partial charge is 0.262 e. The van der Waals surface area contributed by atoms with Crippen molar-refractivity contribution in [3.8, 4) is 6.07 Å². The third-order valence-electron chi connectivity index (χ3n) is 3.70. The number of amides is 1. The lowest BCUT2D eigenvalue weighted by atomic mass is 10.2. The molecule has 144 valence electrons. The molecule has 0 fully saturated rings. The Labute approximate surface area is 162 Å².